The summed E-state index contributed by atoms with van der Waals surface area (Å²) in [5, 5.41) is 13.2. The van der Waals surface area contributed by atoms with Crippen molar-refractivity contribution in [2.75, 3.05) is 18.6 Å². The average molecular weight is 253 g/mol. The second-order valence-corrected chi connectivity index (χ2v) is 5.53. The topological polar surface area (TPSA) is 41.5 Å². The number of thioether (sulfide) groups is 1. The fraction of sp³-hybridized carbons (Fsp3) is 0.538. The monoisotopic (exact) mass is 253 g/mol. The van der Waals surface area contributed by atoms with E-state index >= 15 is 0 Å². The van der Waals surface area contributed by atoms with Gasteiger partial charge in [-0.05, 0) is 36.8 Å². The molecule has 0 bridgehead atoms. The summed E-state index contributed by atoms with van der Waals surface area (Å²) < 4.78 is 5.12. The molecule has 2 atom stereocenters. The zero-order valence-electron chi connectivity index (χ0n) is 10.3. The van der Waals surface area contributed by atoms with E-state index in [0.29, 0.717) is 11.8 Å². The van der Waals surface area contributed by atoms with E-state index < -0.39 is 0 Å². The first-order valence-electron chi connectivity index (χ1n) is 5.91. The fourth-order valence-electron chi connectivity index (χ4n) is 2.08. The van der Waals surface area contributed by atoms with Crippen molar-refractivity contribution in [2.45, 2.75) is 25.4 Å². The highest BCUT2D eigenvalue weighted by atomic mass is 32.2. The van der Waals surface area contributed by atoms with E-state index in [9.17, 15) is 5.11 Å². The second-order valence-electron chi connectivity index (χ2n) is 4.38. The van der Waals surface area contributed by atoms with Crippen LogP contribution in [0.3, 0.4) is 0 Å². The van der Waals surface area contributed by atoms with E-state index in [1.807, 2.05) is 23.9 Å². The summed E-state index contributed by atoms with van der Waals surface area (Å²) in [6.07, 6.45) is 1.24. The number of rotatable bonds is 4. The summed E-state index contributed by atoms with van der Waals surface area (Å²) in [5.74, 6) is 3.18. The molecule has 0 spiro atoms. The van der Waals surface area contributed by atoms with E-state index in [4.69, 9.17) is 4.74 Å². The number of nitrogens with one attached hydrogen (secondary N) is 1. The highest BCUT2D eigenvalue weighted by Gasteiger charge is 2.18. The first-order valence-corrected chi connectivity index (χ1v) is 7.07. The molecule has 0 aromatic heterocycles. The van der Waals surface area contributed by atoms with Crippen molar-refractivity contribution < 1.29 is 9.84 Å². The van der Waals surface area contributed by atoms with Crippen LogP contribution in [0.1, 0.15) is 24.9 Å². The lowest BCUT2D eigenvalue weighted by atomic mass is 10.1. The van der Waals surface area contributed by atoms with Crippen LogP contribution in [0.15, 0.2) is 18.2 Å². The van der Waals surface area contributed by atoms with Crippen LogP contribution in [0.4, 0.5) is 0 Å². The molecule has 2 unspecified atom stereocenters. The molecule has 1 aliphatic heterocycles. The molecule has 1 fully saturated rings. The molecule has 0 aliphatic carbocycles. The Morgan fingerprint density at radius 2 is 2.35 bits per heavy atom. The van der Waals surface area contributed by atoms with Crippen molar-refractivity contribution in [3.05, 3.63) is 23.8 Å². The largest absolute Gasteiger partial charge is 0.504 e. The molecule has 0 radical (unpaired) electrons. The molecule has 0 saturated carbocycles. The predicted octanol–water partition coefficient (Wildman–Crippen LogP) is 2.56. The maximum Gasteiger partial charge on any atom is 0.160 e. The van der Waals surface area contributed by atoms with Gasteiger partial charge < -0.3 is 15.2 Å². The summed E-state index contributed by atoms with van der Waals surface area (Å²) in [4.78, 5) is 0. The molecule has 2 rings (SSSR count). The first kappa shape index (κ1) is 12.6. The van der Waals surface area contributed by atoms with Crippen molar-refractivity contribution in [2.24, 2.45) is 0 Å². The van der Waals surface area contributed by atoms with Crippen molar-refractivity contribution in [1.29, 1.82) is 0 Å². The van der Waals surface area contributed by atoms with Gasteiger partial charge in [-0.2, -0.15) is 11.8 Å². The Balaban J connectivity index is 2.04. The quantitative estimate of drug-likeness (QED) is 0.865. The molecule has 17 heavy (non-hydrogen) atoms. The highest BCUT2D eigenvalue weighted by Crippen LogP contribution is 2.29. The van der Waals surface area contributed by atoms with E-state index in [0.717, 1.165) is 5.56 Å². The van der Waals surface area contributed by atoms with E-state index in [1.54, 1.807) is 13.2 Å². The van der Waals surface area contributed by atoms with Gasteiger partial charge in [0.15, 0.2) is 11.5 Å². The van der Waals surface area contributed by atoms with Crippen molar-refractivity contribution in [1.82, 2.24) is 5.32 Å². The number of methoxy groups -OCH3 is 1. The minimum Gasteiger partial charge on any atom is -0.504 e. The molecule has 1 aliphatic rings. The number of aromatic hydroxyl groups is 1. The van der Waals surface area contributed by atoms with E-state index in [1.165, 1.54) is 17.9 Å². The Morgan fingerprint density at radius 1 is 1.53 bits per heavy atom. The highest BCUT2D eigenvalue weighted by molar-refractivity contribution is 7.99. The fourth-order valence-corrected chi connectivity index (χ4v) is 3.24. The number of ether oxygens (including phenoxy) is 1. The minimum atomic E-state index is 0.194. The Kier molecular flexibility index (Phi) is 4.18. The molecule has 2 N–H and O–H groups in total. The Bertz CT molecular complexity index is 378. The summed E-state index contributed by atoms with van der Waals surface area (Å²) in [7, 11) is 1.57. The van der Waals surface area contributed by atoms with Gasteiger partial charge in [0.25, 0.3) is 0 Å². The molecular formula is C13H19NO2S. The molecule has 1 saturated heterocycles. The maximum atomic E-state index is 9.55. The van der Waals surface area contributed by atoms with Crippen LogP contribution in [0.25, 0.3) is 0 Å². The summed E-state index contributed by atoms with van der Waals surface area (Å²) in [6, 6.07) is 6.42. The van der Waals surface area contributed by atoms with Gasteiger partial charge in [0.2, 0.25) is 0 Å². The lowest BCUT2D eigenvalue weighted by molar-refractivity contribution is 0.371. The van der Waals surface area contributed by atoms with Crippen molar-refractivity contribution in [3.8, 4) is 11.5 Å². The lowest BCUT2D eigenvalue weighted by Crippen LogP contribution is -2.31. The van der Waals surface area contributed by atoms with Crippen molar-refractivity contribution in [3.63, 3.8) is 0 Å². The molecule has 1 heterocycles. The summed E-state index contributed by atoms with van der Waals surface area (Å²) in [6.45, 7) is 2.15. The second kappa shape index (κ2) is 5.65. The number of hydrogen-bond donors (Lipinski definition) is 2. The summed E-state index contributed by atoms with van der Waals surface area (Å²) in [5.41, 5.74) is 1.15. The third-order valence-corrected chi connectivity index (χ3v) is 4.28. The molecule has 0 amide bonds. The van der Waals surface area contributed by atoms with Gasteiger partial charge in [-0.15, -0.1) is 0 Å². The lowest BCUT2D eigenvalue weighted by Gasteiger charge is -2.19. The maximum absolute atomic E-state index is 9.55. The van der Waals surface area contributed by atoms with Crippen LogP contribution in [-0.4, -0.2) is 29.8 Å². The number of benzene rings is 1. The molecule has 94 valence electrons. The van der Waals surface area contributed by atoms with Crippen LogP contribution >= 0.6 is 11.8 Å². The van der Waals surface area contributed by atoms with Crippen LogP contribution in [0.2, 0.25) is 0 Å². The SMILES string of the molecule is COc1cc(C(C)NC2CCSC2)ccc1O. The van der Waals surface area contributed by atoms with Crippen LogP contribution in [-0.2, 0) is 0 Å². The van der Waals surface area contributed by atoms with Gasteiger partial charge in [-0.3, -0.25) is 0 Å². The average Bonchev–Trinajstić information content (AvgIpc) is 2.82. The van der Waals surface area contributed by atoms with Gasteiger partial charge in [0.1, 0.15) is 0 Å². The van der Waals surface area contributed by atoms with Crippen molar-refractivity contribution >= 4 is 11.8 Å². The third-order valence-electron chi connectivity index (χ3n) is 3.12. The molecular weight excluding hydrogens is 234 g/mol. The Morgan fingerprint density at radius 3 is 3.00 bits per heavy atom. The zero-order chi connectivity index (χ0) is 12.3. The first-order chi connectivity index (χ1) is 8.20. The van der Waals surface area contributed by atoms with E-state index in [2.05, 4.69) is 12.2 Å². The molecule has 1 aromatic rings. The van der Waals surface area contributed by atoms with Gasteiger partial charge >= 0.3 is 0 Å². The smallest absolute Gasteiger partial charge is 0.160 e. The molecule has 3 nitrogen and oxygen atoms in total. The van der Waals surface area contributed by atoms with Gasteiger partial charge in [0.05, 0.1) is 7.11 Å². The molecule has 4 heteroatoms. The third kappa shape index (κ3) is 3.07. The van der Waals surface area contributed by atoms with Crippen LogP contribution in [0.5, 0.6) is 11.5 Å². The number of hydrogen-bond acceptors (Lipinski definition) is 4. The van der Waals surface area contributed by atoms with Gasteiger partial charge in [-0.25, -0.2) is 0 Å². The van der Waals surface area contributed by atoms with Crippen LogP contribution in [0, 0.1) is 0 Å². The Hall–Kier alpha value is -0.870. The molecule has 1 aromatic carbocycles. The van der Waals surface area contributed by atoms with E-state index in [-0.39, 0.29) is 11.8 Å². The van der Waals surface area contributed by atoms with Gasteiger partial charge in [-0.1, -0.05) is 6.07 Å². The van der Waals surface area contributed by atoms with Crippen LogP contribution < -0.4 is 10.1 Å². The minimum absolute atomic E-state index is 0.194. The van der Waals surface area contributed by atoms with Gasteiger partial charge in [0, 0.05) is 17.8 Å². The summed E-state index contributed by atoms with van der Waals surface area (Å²) >= 11 is 2.00. The normalized spacial score (nSPS) is 21.4. The Labute approximate surface area is 107 Å². The predicted molar refractivity (Wildman–Crippen MR) is 71.9 cm³/mol. The standard InChI is InChI=1S/C13H19NO2S/c1-9(14-11-5-6-17-8-11)10-3-4-12(15)13(7-10)16-2/h3-4,7,9,11,14-15H,5-6,8H2,1-2H3. The number of phenols is 1. The zero-order valence-corrected chi connectivity index (χ0v) is 11.1. The number of phenolic OH excluding ortho intramolecular Hbond substituents is 1.